The summed E-state index contributed by atoms with van der Waals surface area (Å²) in [7, 11) is -3.13. The molecule has 0 fully saturated rings. The van der Waals surface area contributed by atoms with Gasteiger partial charge in [-0.15, -0.1) is 0 Å². The highest BCUT2D eigenvalue weighted by molar-refractivity contribution is 7.90. The fourth-order valence-corrected chi connectivity index (χ4v) is 4.18. The highest BCUT2D eigenvalue weighted by Gasteiger charge is 2.13. The van der Waals surface area contributed by atoms with Crippen molar-refractivity contribution >= 4 is 20.6 Å². The Morgan fingerprint density at radius 2 is 1.38 bits per heavy atom. The molecule has 2 atom stereocenters. The summed E-state index contributed by atoms with van der Waals surface area (Å²) in [6.07, 6.45) is 3.42. The number of hydrogen-bond donors (Lipinski definition) is 0. The van der Waals surface area contributed by atoms with Gasteiger partial charge in [-0.2, -0.15) is 0 Å². The van der Waals surface area contributed by atoms with Crippen molar-refractivity contribution in [3.8, 4) is 0 Å². The Bertz CT molecular complexity index is 983. The summed E-state index contributed by atoms with van der Waals surface area (Å²) in [5.41, 5.74) is 2.60. The third kappa shape index (κ3) is 4.16. The van der Waals surface area contributed by atoms with Crippen molar-refractivity contribution in [2.24, 2.45) is 0 Å². The molecule has 136 valence electrons. The lowest BCUT2D eigenvalue weighted by Gasteiger charge is -2.18. The van der Waals surface area contributed by atoms with Gasteiger partial charge in [0.1, 0.15) is 0 Å². The van der Waals surface area contributed by atoms with E-state index >= 15 is 0 Å². The van der Waals surface area contributed by atoms with Crippen molar-refractivity contribution in [1.82, 2.24) is 0 Å². The first kappa shape index (κ1) is 18.7. The number of rotatable bonds is 6. The molecular weight excluding hydrogens is 340 g/mol. The van der Waals surface area contributed by atoms with Crippen molar-refractivity contribution in [3.63, 3.8) is 0 Å². The summed E-state index contributed by atoms with van der Waals surface area (Å²) in [6.45, 7) is 4.51. The van der Waals surface area contributed by atoms with Gasteiger partial charge in [0.2, 0.25) is 0 Å². The zero-order valence-corrected chi connectivity index (χ0v) is 16.5. The highest BCUT2D eigenvalue weighted by atomic mass is 32.2. The van der Waals surface area contributed by atoms with Gasteiger partial charge in [0.25, 0.3) is 0 Å². The van der Waals surface area contributed by atoms with Crippen LogP contribution in [0, 0.1) is 0 Å². The fraction of sp³-hybridized carbons (Fsp3) is 0.304. The van der Waals surface area contributed by atoms with Crippen LogP contribution in [0.2, 0.25) is 0 Å². The third-order valence-corrected chi connectivity index (χ3v) is 6.39. The van der Waals surface area contributed by atoms with E-state index in [1.165, 1.54) is 28.2 Å². The molecule has 0 saturated carbocycles. The summed E-state index contributed by atoms with van der Waals surface area (Å²) < 4.78 is 23.2. The first-order chi connectivity index (χ1) is 12.4. The van der Waals surface area contributed by atoms with Crippen LogP contribution in [-0.2, 0) is 9.84 Å². The molecule has 0 saturated heterocycles. The fourth-order valence-electron chi connectivity index (χ4n) is 3.55. The predicted octanol–water partition coefficient (Wildman–Crippen LogP) is 5.93. The van der Waals surface area contributed by atoms with E-state index in [1.54, 1.807) is 12.1 Å². The van der Waals surface area contributed by atoms with Gasteiger partial charge in [-0.25, -0.2) is 8.42 Å². The Labute approximate surface area is 156 Å². The van der Waals surface area contributed by atoms with Crippen LogP contribution in [0.15, 0.2) is 71.6 Å². The van der Waals surface area contributed by atoms with Crippen molar-refractivity contribution < 1.29 is 8.42 Å². The molecule has 0 bridgehead atoms. The second-order valence-electron chi connectivity index (χ2n) is 7.29. The molecule has 0 N–H and O–H groups in total. The van der Waals surface area contributed by atoms with Crippen LogP contribution in [0.4, 0.5) is 0 Å². The molecule has 2 unspecified atom stereocenters. The van der Waals surface area contributed by atoms with Crippen LogP contribution >= 0.6 is 0 Å². The summed E-state index contributed by atoms with van der Waals surface area (Å²) in [6, 6.07) is 22.4. The lowest BCUT2D eigenvalue weighted by atomic mass is 9.87. The van der Waals surface area contributed by atoms with E-state index in [0.29, 0.717) is 16.7 Å². The first-order valence-corrected chi connectivity index (χ1v) is 11.0. The largest absolute Gasteiger partial charge is 0.224 e. The maximum Gasteiger partial charge on any atom is 0.175 e. The Kier molecular flexibility index (Phi) is 5.47. The summed E-state index contributed by atoms with van der Waals surface area (Å²) >= 11 is 0. The van der Waals surface area contributed by atoms with Crippen molar-refractivity contribution in [1.29, 1.82) is 0 Å². The number of benzene rings is 3. The Morgan fingerprint density at radius 3 is 2.08 bits per heavy atom. The second-order valence-corrected chi connectivity index (χ2v) is 9.30. The maximum atomic E-state index is 11.6. The molecule has 0 aliphatic carbocycles. The minimum atomic E-state index is -3.13. The zero-order chi connectivity index (χ0) is 18.7. The molecule has 2 nitrogen and oxygen atoms in total. The first-order valence-electron chi connectivity index (χ1n) is 9.14. The monoisotopic (exact) mass is 366 g/mol. The lowest BCUT2D eigenvalue weighted by Crippen LogP contribution is -2.01. The van der Waals surface area contributed by atoms with Gasteiger partial charge in [-0.3, -0.25) is 0 Å². The van der Waals surface area contributed by atoms with Crippen molar-refractivity contribution in [2.45, 2.75) is 43.4 Å². The Morgan fingerprint density at radius 1 is 0.769 bits per heavy atom. The molecule has 3 heteroatoms. The van der Waals surface area contributed by atoms with E-state index in [4.69, 9.17) is 0 Å². The Balaban J connectivity index is 1.70. The van der Waals surface area contributed by atoms with Gasteiger partial charge in [0, 0.05) is 6.26 Å². The number of hydrogen-bond acceptors (Lipinski definition) is 2. The van der Waals surface area contributed by atoms with Crippen molar-refractivity contribution in [3.05, 3.63) is 77.9 Å². The van der Waals surface area contributed by atoms with Crippen LogP contribution in [0.3, 0.4) is 0 Å². The molecule has 3 aromatic carbocycles. The van der Waals surface area contributed by atoms with Crippen molar-refractivity contribution in [2.75, 3.05) is 6.26 Å². The van der Waals surface area contributed by atoms with Gasteiger partial charge in [0.05, 0.1) is 4.90 Å². The summed E-state index contributed by atoms with van der Waals surface area (Å²) in [5.74, 6) is 0.889. The van der Waals surface area contributed by atoms with Crippen LogP contribution in [0.5, 0.6) is 0 Å². The van der Waals surface area contributed by atoms with Crippen LogP contribution < -0.4 is 0 Å². The Hall–Kier alpha value is -2.13. The molecule has 3 rings (SSSR count). The molecule has 26 heavy (non-hydrogen) atoms. The lowest BCUT2D eigenvalue weighted by molar-refractivity contribution is 0.575. The zero-order valence-electron chi connectivity index (χ0n) is 15.6. The van der Waals surface area contributed by atoms with E-state index < -0.39 is 9.84 Å². The normalized spacial score (nSPS) is 14.3. The number of sulfone groups is 1. The molecule has 0 aromatic heterocycles. The van der Waals surface area contributed by atoms with Gasteiger partial charge in [0.15, 0.2) is 9.84 Å². The predicted molar refractivity (Wildman–Crippen MR) is 110 cm³/mol. The summed E-state index contributed by atoms with van der Waals surface area (Å²) in [4.78, 5) is 0.387. The smallest absolute Gasteiger partial charge is 0.175 e. The highest BCUT2D eigenvalue weighted by Crippen LogP contribution is 2.31. The molecule has 0 aliphatic rings. The quantitative estimate of drug-likeness (QED) is 0.542. The maximum absolute atomic E-state index is 11.6. The average molecular weight is 367 g/mol. The van der Waals surface area contributed by atoms with E-state index in [0.717, 1.165) is 12.8 Å². The molecule has 0 aliphatic heterocycles. The number of fused-ring (bicyclic) bond motifs is 1. The minimum absolute atomic E-state index is 0.387. The van der Waals surface area contributed by atoms with Crippen LogP contribution in [0.25, 0.3) is 10.8 Å². The van der Waals surface area contributed by atoms with E-state index in [1.807, 2.05) is 12.1 Å². The SMILES string of the molecule is CC(CCC(C)c1cccc2ccccc12)c1ccc(S(C)(=O)=O)cc1. The summed E-state index contributed by atoms with van der Waals surface area (Å²) in [5, 5.41) is 2.63. The van der Waals surface area contributed by atoms with Crippen LogP contribution in [-0.4, -0.2) is 14.7 Å². The second kappa shape index (κ2) is 7.63. The molecule has 3 aromatic rings. The van der Waals surface area contributed by atoms with E-state index in [2.05, 4.69) is 56.3 Å². The van der Waals surface area contributed by atoms with Gasteiger partial charge >= 0.3 is 0 Å². The molecular formula is C23H26O2S. The average Bonchev–Trinajstić information content (AvgIpc) is 2.64. The standard InChI is InChI=1S/C23H26O2S/c1-17(19-13-15-21(16-14-19)26(3,24)25)11-12-18(2)22-10-6-8-20-7-4-5-9-23(20)22/h4-10,13-18H,11-12H2,1-3H3. The van der Waals surface area contributed by atoms with Gasteiger partial charge < -0.3 is 0 Å². The molecule has 0 heterocycles. The minimum Gasteiger partial charge on any atom is -0.224 e. The molecule has 0 radical (unpaired) electrons. The van der Waals surface area contributed by atoms with Crippen LogP contribution in [0.1, 0.15) is 49.7 Å². The van der Waals surface area contributed by atoms with Gasteiger partial charge in [-0.1, -0.05) is 68.4 Å². The molecule has 0 spiro atoms. The molecule has 0 amide bonds. The van der Waals surface area contributed by atoms with E-state index in [9.17, 15) is 8.42 Å². The van der Waals surface area contributed by atoms with E-state index in [-0.39, 0.29) is 0 Å². The van der Waals surface area contributed by atoms with Gasteiger partial charge in [-0.05, 0) is 58.7 Å². The topological polar surface area (TPSA) is 34.1 Å². The third-order valence-electron chi connectivity index (χ3n) is 5.26.